The van der Waals surface area contributed by atoms with Crippen molar-refractivity contribution in [2.75, 3.05) is 26.0 Å². The Balaban J connectivity index is 1.78. The maximum absolute atomic E-state index is 13.2. The molecule has 1 aromatic carbocycles. The lowest BCUT2D eigenvalue weighted by molar-refractivity contribution is 0.0535. The van der Waals surface area contributed by atoms with Crippen LogP contribution in [-0.2, 0) is 4.74 Å². The quantitative estimate of drug-likeness (QED) is 0.844. The maximum atomic E-state index is 13.2. The van der Waals surface area contributed by atoms with Gasteiger partial charge in [0.05, 0.1) is 12.8 Å². The van der Waals surface area contributed by atoms with E-state index in [0.717, 1.165) is 19.4 Å². The number of ether oxygens (including phenoxy) is 1. The number of hydrogen-bond acceptors (Lipinski definition) is 4. The van der Waals surface area contributed by atoms with Crippen LogP contribution in [0.15, 0.2) is 35.6 Å². The largest absolute Gasteiger partial charge is 0.381 e. The Kier molecular flexibility index (Phi) is 5.52. The van der Waals surface area contributed by atoms with E-state index >= 15 is 0 Å². The zero-order chi connectivity index (χ0) is 16.9. The Morgan fingerprint density at radius 1 is 1.46 bits per heavy atom. The second-order valence-electron chi connectivity index (χ2n) is 5.74. The monoisotopic (exact) mass is 349 g/mol. The molecule has 7 heteroatoms. The third kappa shape index (κ3) is 3.79. The Hall–Kier alpha value is -1.86. The van der Waals surface area contributed by atoms with E-state index in [4.69, 9.17) is 4.74 Å². The van der Waals surface area contributed by atoms with Crippen LogP contribution in [0.3, 0.4) is 0 Å². The molecule has 3 rings (SSSR count). The molecule has 128 valence electrons. The number of thioether (sulfide) groups is 1. The van der Waals surface area contributed by atoms with Gasteiger partial charge in [0.25, 0.3) is 5.91 Å². The summed E-state index contributed by atoms with van der Waals surface area (Å²) >= 11 is 1.44. The summed E-state index contributed by atoms with van der Waals surface area (Å²) in [6, 6.07) is 6.03. The standard InChI is InChI=1S/C17H20FN3O2S/c1-24-17-20-10-15(21(17)14-6-4-13(18)5-7-14)16(22)19-9-12-3-2-8-23-11-12/h4-7,10,12H,2-3,8-9,11H2,1H3,(H,19,22)/t12-/m0/s1. The first-order valence-electron chi connectivity index (χ1n) is 7.92. The molecule has 5 nitrogen and oxygen atoms in total. The van der Waals surface area contributed by atoms with Gasteiger partial charge < -0.3 is 10.1 Å². The number of carbonyl (C=O) groups excluding carboxylic acids is 1. The zero-order valence-electron chi connectivity index (χ0n) is 13.5. The lowest BCUT2D eigenvalue weighted by Crippen LogP contribution is -2.34. The van der Waals surface area contributed by atoms with Crippen molar-refractivity contribution in [3.05, 3.63) is 42.0 Å². The van der Waals surface area contributed by atoms with E-state index in [2.05, 4.69) is 10.3 Å². The van der Waals surface area contributed by atoms with Crippen molar-refractivity contribution in [2.24, 2.45) is 5.92 Å². The second kappa shape index (κ2) is 7.81. The molecule has 2 heterocycles. The first kappa shape index (κ1) is 17.0. The van der Waals surface area contributed by atoms with Crippen molar-refractivity contribution in [2.45, 2.75) is 18.0 Å². The van der Waals surface area contributed by atoms with Gasteiger partial charge in [0, 0.05) is 18.8 Å². The lowest BCUT2D eigenvalue weighted by Gasteiger charge is -2.22. The molecule has 0 saturated carbocycles. The van der Waals surface area contributed by atoms with Crippen molar-refractivity contribution < 1.29 is 13.9 Å². The molecule has 1 aliphatic heterocycles. The number of amides is 1. The summed E-state index contributed by atoms with van der Waals surface area (Å²) in [5, 5.41) is 3.65. The molecular formula is C17H20FN3O2S. The van der Waals surface area contributed by atoms with Crippen molar-refractivity contribution in [3.63, 3.8) is 0 Å². The highest BCUT2D eigenvalue weighted by atomic mass is 32.2. The smallest absolute Gasteiger partial charge is 0.269 e. The Labute approximate surface area is 144 Å². The molecule has 1 aromatic heterocycles. The van der Waals surface area contributed by atoms with E-state index in [0.29, 0.717) is 35.6 Å². The summed E-state index contributed by atoms with van der Waals surface area (Å²) in [6.45, 7) is 2.08. The number of nitrogens with zero attached hydrogens (tertiary/aromatic N) is 2. The highest BCUT2D eigenvalue weighted by Gasteiger charge is 2.20. The summed E-state index contributed by atoms with van der Waals surface area (Å²) in [7, 11) is 0. The first-order chi connectivity index (χ1) is 11.7. The molecule has 1 atom stereocenters. The van der Waals surface area contributed by atoms with Gasteiger partial charge in [-0.3, -0.25) is 9.36 Å². The highest BCUT2D eigenvalue weighted by Crippen LogP contribution is 2.22. The summed E-state index contributed by atoms with van der Waals surface area (Å²) in [5.41, 5.74) is 1.16. The van der Waals surface area contributed by atoms with Crippen molar-refractivity contribution in [3.8, 4) is 5.69 Å². The predicted molar refractivity (Wildman–Crippen MR) is 91.2 cm³/mol. The number of benzene rings is 1. The average molecular weight is 349 g/mol. The molecule has 0 radical (unpaired) electrons. The second-order valence-corrected chi connectivity index (χ2v) is 6.51. The summed E-state index contributed by atoms with van der Waals surface area (Å²) in [6.07, 6.45) is 5.55. The van der Waals surface area contributed by atoms with Gasteiger partial charge >= 0.3 is 0 Å². The van der Waals surface area contributed by atoms with Crippen molar-refractivity contribution in [1.29, 1.82) is 0 Å². The Morgan fingerprint density at radius 2 is 2.25 bits per heavy atom. The number of rotatable bonds is 5. The fraction of sp³-hybridized carbons (Fsp3) is 0.412. The number of nitrogens with one attached hydrogen (secondary N) is 1. The summed E-state index contributed by atoms with van der Waals surface area (Å²) < 4.78 is 20.4. The normalized spacial score (nSPS) is 17.7. The van der Waals surface area contributed by atoms with Crippen LogP contribution >= 0.6 is 11.8 Å². The van der Waals surface area contributed by atoms with Crippen LogP contribution in [-0.4, -0.2) is 41.5 Å². The molecule has 1 fully saturated rings. The van der Waals surface area contributed by atoms with Gasteiger partial charge in [0.1, 0.15) is 11.5 Å². The van der Waals surface area contributed by atoms with Crippen molar-refractivity contribution in [1.82, 2.24) is 14.9 Å². The minimum atomic E-state index is -0.312. The van der Waals surface area contributed by atoms with Crippen LogP contribution in [0.5, 0.6) is 0 Å². The van der Waals surface area contributed by atoms with Gasteiger partial charge in [-0.1, -0.05) is 11.8 Å². The van der Waals surface area contributed by atoms with Crippen LogP contribution in [0.4, 0.5) is 4.39 Å². The molecule has 24 heavy (non-hydrogen) atoms. The lowest BCUT2D eigenvalue weighted by atomic mass is 10.0. The highest BCUT2D eigenvalue weighted by molar-refractivity contribution is 7.98. The number of imidazole rings is 1. The molecule has 0 bridgehead atoms. The summed E-state index contributed by atoms with van der Waals surface area (Å²) in [5.74, 6) is -0.143. The van der Waals surface area contributed by atoms with E-state index in [1.165, 1.54) is 23.9 Å². The number of carbonyl (C=O) groups is 1. The molecule has 2 aromatic rings. The van der Waals surface area contributed by atoms with E-state index in [-0.39, 0.29) is 11.7 Å². The minimum absolute atomic E-state index is 0.183. The van der Waals surface area contributed by atoms with Gasteiger partial charge in [-0.15, -0.1) is 0 Å². The van der Waals surface area contributed by atoms with E-state index in [1.807, 2.05) is 6.26 Å². The summed E-state index contributed by atoms with van der Waals surface area (Å²) in [4.78, 5) is 16.9. The molecule has 1 aliphatic rings. The van der Waals surface area contributed by atoms with E-state index in [1.54, 1.807) is 22.9 Å². The van der Waals surface area contributed by atoms with Crippen LogP contribution in [0, 0.1) is 11.7 Å². The SMILES string of the molecule is CSc1ncc(C(=O)NC[C@@H]2CCCOC2)n1-c1ccc(F)cc1. The fourth-order valence-electron chi connectivity index (χ4n) is 2.77. The molecule has 1 amide bonds. The third-order valence-electron chi connectivity index (χ3n) is 4.04. The number of hydrogen-bond donors (Lipinski definition) is 1. The Bertz CT molecular complexity index is 696. The molecule has 0 spiro atoms. The van der Waals surface area contributed by atoms with E-state index in [9.17, 15) is 9.18 Å². The van der Waals surface area contributed by atoms with Gasteiger partial charge in [-0.05, 0) is 49.3 Å². The topological polar surface area (TPSA) is 56.1 Å². The van der Waals surface area contributed by atoms with Crippen LogP contribution in [0.25, 0.3) is 5.69 Å². The minimum Gasteiger partial charge on any atom is -0.381 e. The molecular weight excluding hydrogens is 329 g/mol. The predicted octanol–water partition coefficient (Wildman–Crippen LogP) is 2.89. The first-order valence-corrected chi connectivity index (χ1v) is 9.15. The molecule has 1 saturated heterocycles. The van der Waals surface area contributed by atoms with Crippen LogP contribution < -0.4 is 5.32 Å². The van der Waals surface area contributed by atoms with E-state index < -0.39 is 0 Å². The third-order valence-corrected chi connectivity index (χ3v) is 4.69. The zero-order valence-corrected chi connectivity index (χ0v) is 14.3. The molecule has 0 unspecified atom stereocenters. The van der Waals surface area contributed by atoms with Crippen molar-refractivity contribution >= 4 is 17.7 Å². The van der Waals surface area contributed by atoms with Gasteiger partial charge in [0.15, 0.2) is 5.16 Å². The number of aromatic nitrogens is 2. The van der Waals surface area contributed by atoms with Crippen LogP contribution in [0.2, 0.25) is 0 Å². The molecule has 1 N–H and O–H groups in total. The molecule has 0 aliphatic carbocycles. The fourth-order valence-corrected chi connectivity index (χ4v) is 3.32. The Morgan fingerprint density at radius 3 is 2.92 bits per heavy atom. The average Bonchev–Trinajstić information content (AvgIpc) is 3.05. The van der Waals surface area contributed by atoms with Gasteiger partial charge in [-0.2, -0.15) is 0 Å². The number of halogens is 1. The van der Waals surface area contributed by atoms with Gasteiger partial charge in [-0.25, -0.2) is 9.37 Å². The van der Waals surface area contributed by atoms with Crippen LogP contribution in [0.1, 0.15) is 23.3 Å². The van der Waals surface area contributed by atoms with Gasteiger partial charge in [0.2, 0.25) is 0 Å². The maximum Gasteiger partial charge on any atom is 0.269 e.